The van der Waals surface area contributed by atoms with Crippen molar-refractivity contribution in [1.82, 2.24) is 4.98 Å². The van der Waals surface area contributed by atoms with Crippen molar-refractivity contribution < 1.29 is 14.7 Å². The molecule has 1 aromatic carbocycles. The lowest BCUT2D eigenvalue weighted by Gasteiger charge is -2.00. The van der Waals surface area contributed by atoms with Gasteiger partial charge in [-0.05, 0) is 37.1 Å². The number of hydrogen-bond acceptors (Lipinski definition) is 2. The highest BCUT2D eigenvalue weighted by Crippen LogP contribution is 2.33. The van der Waals surface area contributed by atoms with Gasteiger partial charge in [0.15, 0.2) is 0 Å². The Morgan fingerprint density at radius 2 is 2.09 bits per heavy atom. The molecule has 2 heterocycles. The number of carbonyl (C=O) groups excluding carboxylic acids is 1. The molecule has 3 N–H and O–H groups in total. The summed E-state index contributed by atoms with van der Waals surface area (Å²) in [7, 11) is 0. The molecule has 5 nitrogen and oxygen atoms in total. The van der Waals surface area contributed by atoms with E-state index in [0.717, 1.165) is 28.2 Å². The van der Waals surface area contributed by atoms with E-state index < -0.39 is 5.97 Å². The summed E-state index contributed by atoms with van der Waals surface area (Å²) in [4.78, 5) is 26.1. The zero-order chi connectivity index (χ0) is 15.7. The first-order valence-corrected chi connectivity index (χ1v) is 7.07. The first kappa shape index (κ1) is 14.1. The quantitative estimate of drug-likeness (QED) is 0.759. The Bertz CT molecular complexity index is 787. The van der Waals surface area contributed by atoms with Crippen LogP contribution in [0.1, 0.15) is 28.9 Å². The number of hydrogen-bond donors (Lipinski definition) is 3. The second-order valence-corrected chi connectivity index (χ2v) is 5.34. The lowest BCUT2D eigenvalue weighted by molar-refractivity contribution is -0.137. The number of aryl methyl sites for hydroxylation is 2. The Balaban J connectivity index is 1.99. The maximum atomic E-state index is 12.1. The van der Waals surface area contributed by atoms with Gasteiger partial charge in [-0.3, -0.25) is 9.59 Å². The van der Waals surface area contributed by atoms with Gasteiger partial charge in [-0.15, -0.1) is 0 Å². The van der Waals surface area contributed by atoms with Crippen molar-refractivity contribution in [1.29, 1.82) is 0 Å². The van der Waals surface area contributed by atoms with Crippen molar-refractivity contribution in [3.05, 3.63) is 52.8 Å². The SMILES string of the molecule is Cc1cc(CCC(=O)O)c(/C=C2/C(=O)Nc3ccccc32)[nH]1. The third-order valence-electron chi connectivity index (χ3n) is 3.68. The van der Waals surface area contributed by atoms with Crippen LogP contribution in [0.3, 0.4) is 0 Å². The maximum Gasteiger partial charge on any atom is 0.303 e. The smallest absolute Gasteiger partial charge is 0.303 e. The summed E-state index contributed by atoms with van der Waals surface area (Å²) < 4.78 is 0. The minimum Gasteiger partial charge on any atom is -0.481 e. The number of carbonyl (C=O) groups is 2. The molecule has 0 aliphatic carbocycles. The molecule has 5 heteroatoms. The highest BCUT2D eigenvalue weighted by molar-refractivity contribution is 6.34. The summed E-state index contributed by atoms with van der Waals surface area (Å²) in [5.41, 5.74) is 4.90. The van der Waals surface area contributed by atoms with Gasteiger partial charge in [0, 0.05) is 29.1 Å². The Morgan fingerprint density at radius 1 is 1.32 bits per heavy atom. The number of aromatic amines is 1. The molecule has 0 spiro atoms. The number of carboxylic acids is 1. The predicted molar refractivity (Wildman–Crippen MR) is 84.4 cm³/mol. The minimum atomic E-state index is -0.832. The number of aliphatic carboxylic acids is 1. The first-order valence-electron chi connectivity index (χ1n) is 7.07. The summed E-state index contributed by atoms with van der Waals surface area (Å²) in [6, 6.07) is 9.44. The van der Waals surface area contributed by atoms with E-state index in [1.807, 2.05) is 37.3 Å². The second-order valence-electron chi connectivity index (χ2n) is 5.34. The van der Waals surface area contributed by atoms with Crippen LogP contribution in [-0.4, -0.2) is 22.0 Å². The zero-order valence-corrected chi connectivity index (χ0v) is 12.1. The number of H-pyrrole nitrogens is 1. The van der Waals surface area contributed by atoms with Gasteiger partial charge in [0.05, 0.1) is 5.57 Å². The van der Waals surface area contributed by atoms with E-state index in [1.165, 1.54) is 0 Å². The van der Waals surface area contributed by atoms with Crippen LogP contribution in [0.4, 0.5) is 5.69 Å². The van der Waals surface area contributed by atoms with Crippen molar-refractivity contribution in [2.24, 2.45) is 0 Å². The number of nitrogens with one attached hydrogen (secondary N) is 2. The molecule has 0 unspecified atom stereocenters. The van der Waals surface area contributed by atoms with Crippen LogP contribution < -0.4 is 5.32 Å². The number of carboxylic acid groups (broad SMARTS) is 1. The maximum absolute atomic E-state index is 12.1. The molecule has 1 aliphatic heterocycles. The molecule has 1 aromatic heterocycles. The van der Waals surface area contributed by atoms with Crippen molar-refractivity contribution >= 4 is 29.2 Å². The van der Waals surface area contributed by atoms with E-state index in [9.17, 15) is 9.59 Å². The van der Waals surface area contributed by atoms with Crippen LogP contribution >= 0.6 is 0 Å². The van der Waals surface area contributed by atoms with Crippen molar-refractivity contribution in [3.63, 3.8) is 0 Å². The average Bonchev–Trinajstić information content (AvgIpc) is 2.98. The van der Waals surface area contributed by atoms with Gasteiger partial charge in [0.25, 0.3) is 5.91 Å². The third-order valence-corrected chi connectivity index (χ3v) is 3.68. The number of aromatic nitrogens is 1. The Labute approximate surface area is 127 Å². The Hall–Kier alpha value is -2.82. The highest BCUT2D eigenvalue weighted by atomic mass is 16.4. The van der Waals surface area contributed by atoms with E-state index in [2.05, 4.69) is 10.3 Å². The van der Waals surface area contributed by atoms with E-state index in [0.29, 0.717) is 12.0 Å². The monoisotopic (exact) mass is 296 g/mol. The summed E-state index contributed by atoms with van der Waals surface area (Å²) in [6.07, 6.45) is 2.30. The molecule has 112 valence electrons. The van der Waals surface area contributed by atoms with Crippen LogP contribution in [0.25, 0.3) is 11.6 Å². The Morgan fingerprint density at radius 3 is 2.86 bits per heavy atom. The largest absolute Gasteiger partial charge is 0.481 e. The standard InChI is InChI=1S/C17H16N2O3/c1-10-8-11(6-7-16(20)21)15(18-10)9-13-12-4-2-3-5-14(12)19-17(13)22/h2-5,8-9,18H,6-7H2,1H3,(H,19,22)(H,20,21)/b13-9+. The third kappa shape index (κ3) is 2.65. The molecule has 0 saturated carbocycles. The second kappa shape index (κ2) is 5.52. The van der Waals surface area contributed by atoms with Gasteiger partial charge >= 0.3 is 5.97 Å². The van der Waals surface area contributed by atoms with Crippen LogP contribution in [-0.2, 0) is 16.0 Å². The molecule has 0 radical (unpaired) electrons. The molecular weight excluding hydrogens is 280 g/mol. The van der Waals surface area contributed by atoms with E-state index in [1.54, 1.807) is 6.08 Å². The number of amides is 1. The van der Waals surface area contributed by atoms with E-state index >= 15 is 0 Å². The number of fused-ring (bicyclic) bond motifs is 1. The summed E-state index contributed by atoms with van der Waals surface area (Å²) >= 11 is 0. The van der Waals surface area contributed by atoms with Gasteiger partial charge in [0.1, 0.15) is 0 Å². The number of rotatable bonds is 4. The molecule has 22 heavy (non-hydrogen) atoms. The molecule has 1 aliphatic rings. The fourth-order valence-corrected chi connectivity index (χ4v) is 2.67. The summed E-state index contributed by atoms with van der Waals surface area (Å²) in [5, 5.41) is 11.7. The minimum absolute atomic E-state index is 0.0657. The predicted octanol–water partition coefficient (Wildman–Crippen LogP) is 2.83. The molecule has 1 amide bonds. The molecule has 0 bridgehead atoms. The zero-order valence-electron chi connectivity index (χ0n) is 12.1. The number of para-hydroxylation sites is 1. The van der Waals surface area contributed by atoms with Crippen molar-refractivity contribution in [2.45, 2.75) is 19.8 Å². The Kier molecular flexibility index (Phi) is 3.55. The lowest BCUT2D eigenvalue weighted by atomic mass is 10.0. The molecular formula is C17H16N2O3. The van der Waals surface area contributed by atoms with Crippen LogP contribution in [0.2, 0.25) is 0 Å². The van der Waals surface area contributed by atoms with Crippen LogP contribution in [0.5, 0.6) is 0 Å². The fourth-order valence-electron chi connectivity index (χ4n) is 2.67. The lowest BCUT2D eigenvalue weighted by Crippen LogP contribution is -2.04. The van der Waals surface area contributed by atoms with Gasteiger partial charge in [-0.25, -0.2) is 0 Å². The van der Waals surface area contributed by atoms with Crippen molar-refractivity contribution in [3.8, 4) is 0 Å². The summed E-state index contributed by atoms with van der Waals surface area (Å²) in [6.45, 7) is 1.91. The van der Waals surface area contributed by atoms with Crippen LogP contribution in [0, 0.1) is 6.92 Å². The molecule has 3 rings (SSSR count). The fraction of sp³-hybridized carbons (Fsp3) is 0.176. The molecule has 0 saturated heterocycles. The topological polar surface area (TPSA) is 82.2 Å². The van der Waals surface area contributed by atoms with E-state index in [-0.39, 0.29) is 12.3 Å². The average molecular weight is 296 g/mol. The van der Waals surface area contributed by atoms with E-state index in [4.69, 9.17) is 5.11 Å². The normalized spacial score (nSPS) is 15.0. The summed E-state index contributed by atoms with van der Waals surface area (Å²) in [5.74, 6) is -0.973. The number of anilines is 1. The van der Waals surface area contributed by atoms with Gasteiger partial charge in [0.2, 0.25) is 0 Å². The van der Waals surface area contributed by atoms with Gasteiger partial charge < -0.3 is 15.4 Å². The van der Waals surface area contributed by atoms with Gasteiger partial charge in [-0.2, -0.15) is 0 Å². The molecule has 2 aromatic rings. The van der Waals surface area contributed by atoms with Crippen LogP contribution in [0.15, 0.2) is 30.3 Å². The van der Waals surface area contributed by atoms with Gasteiger partial charge in [-0.1, -0.05) is 18.2 Å². The molecule has 0 atom stereocenters. The molecule has 0 fully saturated rings. The highest BCUT2D eigenvalue weighted by Gasteiger charge is 2.24. The van der Waals surface area contributed by atoms with Crippen molar-refractivity contribution in [2.75, 3.05) is 5.32 Å². The number of benzene rings is 1. The first-order chi connectivity index (χ1) is 10.5.